The number of ether oxygens (including phenoxy) is 12. The van der Waals surface area contributed by atoms with Gasteiger partial charge in [0, 0.05) is 6.54 Å². The fraction of sp³-hybridized carbons (Fsp3) is 0.275. The normalized spacial score (nSPS) is 16.2. The standard InChI is InChI=1S/C34H37NO4.C34H38O6.C34H34O6/c1-5-13-27(14-6-1)22-36-26-31-33(38-24-29-17-9-3-10-18-29)34(39-25-30-19-11-4-12-20-30)32(21-35-31)37-23-28-15-7-2-8-16-28;2*35-21-32(38-23-28-15-7-2-8-16-28)34(40-25-30-19-11-4-12-20-30)33(39-24-29-17-9-3-10-18-29)31(36)26-37-22-27-13-5-1-6-14-27/h1-20,31-35H,21-26H2;1-20,31-36H,21-26H2;1-21,32-34H,22-26H2/t2*31-,32+,33-,34-;32-,33+,34+/m110/s1. The van der Waals surface area contributed by atoms with Crippen LogP contribution in [0.25, 0.3) is 0 Å². The van der Waals surface area contributed by atoms with Gasteiger partial charge in [-0.25, -0.2) is 0 Å². The second-order valence-electron chi connectivity index (χ2n) is 28.8. The monoisotopic (exact) mass is 1600 g/mol. The summed E-state index contributed by atoms with van der Waals surface area (Å²) in [5.41, 5.74) is 12.1. The van der Waals surface area contributed by atoms with Gasteiger partial charge >= 0.3 is 0 Å². The van der Waals surface area contributed by atoms with E-state index < -0.39 is 42.7 Å². The van der Waals surface area contributed by atoms with Gasteiger partial charge in [-0.15, -0.1) is 0 Å². The Morgan fingerprint density at radius 3 is 0.992 bits per heavy atom. The Hall–Kier alpha value is -10.6. The van der Waals surface area contributed by atoms with E-state index in [0.717, 1.165) is 66.8 Å². The van der Waals surface area contributed by atoms with Crippen molar-refractivity contribution >= 4 is 12.1 Å². The number of carbonyl (C=O) groups is 2. The second kappa shape index (κ2) is 52.3. The van der Waals surface area contributed by atoms with Crippen LogP contribution in [0.2, 0.25) is 0 Å². The number of aliphatic hydroxyl groups is 2. The SMILES string of the molecule is O=C[C@H](OCc1ccccc1)[C@@H](OCc1ccccc1)[C@H](OCc1ccccc1)C(=O)COCc1ccccc1.OC[C@H](OCc1ccccc1)[C@@H](OCc1ccccc1)[C@H](OCc1ccccc1)[C@H](O)COCc1ccccc1.c1ccc(COC[C@H]2NC[C@H](OCc3ccccc3)[C@@H](OCc3ccccc3)[C@@H]2OCc2ccccc2)cc1. The van der Waals surface area contributed by atoms with Crippen molar-refractivity contribution < 1.29 is 76.6 Å². The highest BCUT2D eigenvalue weighted by atomic mass is 16.6. The molecule has 1 saturated heterocycles. The Morgan fingerprint density at radius 1 is 0.328 bits per heavy atom. The molecule has 0 radical (unpaired) electrons. The molecule has 0 unspecified atom stereocenters. The average Bonchev–Trinajstić information content (AvgIpc) is 0.806. The minimum absolute atomic E-state index is 0.0242. The summed E-state index contributed by atoms with van der Waals surface area (Å²) in [7, 11) is 0. The minimum atomic E-state index is -1.11. The van der Waals surface area contributed by atoms with Gasteiger partial charge in [0.2, 0.25) is 0 Å². The Labute approximate surface area is 700 Å². The number of rotatable bonds is 47. The van der Waals surface area contributed by atoms with Gasteiger partial charge in [0.1, 0.15) is 61.5 Å². The van der Waals surface area contributed by atoms with E-state index >= 15 is 0 Å². The Morgan fingerprint density at radius 2 is 0.622 bits per heavy atom. The molecule has 618 valence electrons. The number of aliphatic hydroxyl groups excluding tert-OH is 2. The zero-order valence-corrected chi connectivity index (χ0v) is 67.2. The topological polar surface area (TPSA) is 197 Å². The first kappa shape index (κ1) is 89.2. The third-order valence-electron chi connectivity index (χ3n) is 19.8. The van der Waals surface area contributed by atoms with Crippen LogP contribution in [-0.2, 0) is 146 Å². The molecule has 0 spiro atoms. The van der Waals surface area contributed by atoms with E-state index in [2.05, 4.69) is 53.8 Å². The van der Waals surface area contributed by atoms with Crippen molar-refractivity contribution in [3.05, 3.63) is 431 Å². The number of aldehydes is 1. The number of piperidine rings is 1. The van der Waals surface area contributed by atoms with Crippen molar-refractivity contribution in [2.75, 3.05) is 33.0 Å². The van der Waals surface area contributed by atoms with Gasteiger partial charge in [0.15, 0.2) is 12.1 Å². The quantitative estimate of drug-likeness (QED) is 0.0304. The maximum atomic E-state index is 13.6. The van der Waals surface area contributed by atoms with Gasteiger partial charge in [0.25, 0.3) is 0 Å². The Bertz CT molecular complexity index is 4610. The lowest BCUT2D eigenvalue weighted by Crippen LogP contribution is -2.63. The number of benzene rings is 12. The lowest BCUT2D eigenvalue weighted by molar-refractivity contribution is -0.193. The van der Waals surface area contributed by atoms with E-state index in [1.54, 1.807) is 0 Å². The van der Waals surface area contributed by atoms with E-state index in [1.807, 2.05) is 315 Å². The molecule has 1 aliphatic heterocycles. The van der Waals surface area contributed by atoms with Crippen LogP contribution in [0.15, 0.2) is 364 Å². The molecule has 17 heteroatoms. The largest absolute Gasteiger partial charge is 0.394 e. The van der Waals surface area contributed by atoms with E-state index in [0.29, 0.717) is 52.5 Å². The molecule has 3 N–H and O–H groups in total. The third kappa shape index (κ3) is 31.9. The van der Waals surface area contributed by atoms with Gasteiger partial charge in [-0.2, -0.15) is 0 Å². The fourth-order valence-electron chi connectivity index (χ4n) is 13.4. The van der Waals surface area contributed by atoms with Crippen molar-refractivity contribution in [1.29, 1.82) is 0 Å². The molecule has 0 aromatic heterocycles. The first-order chi connectivity index (χ1) is 58.8. The van der Waals surface area contributed by atoms with Gasteiger partial charge in [0.05, 0.1) is 111 Å². The van der Waals surface area contributed by atoms with E-state index in [1.165, 1.54) is 0 Å². The van der Waals surface area contributed by atoms with Crippen LogP contribution in [0.1, 0.15) is 66.8 Å². The summed E-state index contributed by atoms with van der Waals surface area (Å²) in [6, 6.07) is 118. The minimum Gasteiger partial charge on any atom is -0.394 e. The van der Waals surface area contributed by atoms with Gasteiger partial charge in [-0.1, -0.05) is 364 Å². The number of ketones is 1. The van der Waals surface area contributed by atoms with Gasteiger partial charge < -0.3 is 77.2 Å². The summed E-state index contributed by atoms with van der Waals surface area (Å²) in [4.78, 5) is 26.0. The highest BCUT2D eigenvalue weighted by molar-refractivity contribution is 5.85. The molecule has 119 heavy (non-hydrogen) atoms. The summed E-state index contributed by atoms with van der Waals surface area (Å²) in [6.07, 6.45) is -6.62. The van der Waals surface area contributed by atoms with Crippen LogP contribution in [0.3, 0.4) is 0 Å². The van der Waals surface area contributed by atoms with E-state index in [9.17, 15) is 19.8 Å². The highest BCUT2D eigenvalue weighted by Crippen LogP contribution is 2.27. The predicted octanol–water partition coefficient (Wildman–Crippen LogP) is 17.0. The molecule has 11 atom stereocenters. The smallest absolute Gasteiger partial charge is 0.189 e. The third-order valence-corrected chi connectivity index (χ3v) is 19.8. The Balaban J connectivity index is 0.000000175. The molecule has 0 amide bonds. The molecule has 1 heterocycles. The molecule has 17 nitrogen and oxygen atoms in total. The lowest BCUT2D eigenvalue weighted by Gasteiger charge is -2.43. The molecule has 1 fully saturated rings. The number of Topliss-reactive ketones (excluding diaryl/α,β-unsaturated/α-hetero) is 1. The summed E-state index contributed by atoms with van der Waals surface area (Å²) in [5, 5.41) is 25.5. The first-order valence-electron chi connectivity index (χ1n) is 40.6. The molecule has 12 aromatic carbocycles. The van der Waals surface area contributed by atoms with Crippen molar-refractivity contribution in [2.24, 2.45) is 0 Å². The highest BCUT2D eigenvalue weighted by Gasteiger charge is 2.43. The maximum absolute atomic E-state index is 13.6. The van der Waals surface area contributed by atoms with Gasteiger partial charge in [-0.3, -0.25) is 4.79 Å². The molecular weight excluding hydrogens is 1500 g/mol. The second-order valence-corrected chi connectivity index (χ2v) is 28.8. The van der Waals surface area contributed by atoms with Crippen molar-refractivity contribution in [3.8, 4) is 0 Å². The predicted molar refractivity (Wildman–Crippen MR) is 459 cm³/mol. The lowest BCUT2D eigenvalue weighted by atomic mass is 9.95. The number of hydrogen-bond acceptors (Lipinski definition) is 17. The van der Waals surface area contributed by atoms with Gasteiger partial charge in [-0.05, 0) is 66.8 Å². The molecular formula is C102H109NO16. The first-order valence-corrected chi connectivity index (χ1v) is 40.6. The van der Waals surface area contributed by atoms with Crippen LogP contribution in [0, 0.1) is 0 Å². The van der Waals surface area contributed by atoms with Crippen LogP contribution in [-0.4, -0.2) is 122 Å². The maximum Gasteiger partial charge on any atom is 0.189 e. The summed E-state index contributed by atoms with van der Waals surface area (Å²) >= 11 is 0. The van der Waals surface area contributed by atoms with Crippen molar-refractivity contribution in [2.45, 2.75) is 146 Å². The van der Waals surface area contributed by atoms with Crippen LogP contribution in [0.5, 0.6) is 0 Å². The number of hydrogen-bond donors (Lipinski definition) is 3. The summed E-state index contributed by atoms with van der Waals surface area (Å²) in [6.45, 7) is 4.63. The van der Waals surface area contributed by atoms with Crippen molar-refractivity contribution in [1.82, 2.24) is 5.32 Å². The molecule has 1 aliphatic rings. The van der Waals surface area contributed by atoms with Crippen molar-refractivity contribution in [3.63, 3.8) is 0 Å². The zero-order valence-electron chi connectivity index (χ0n) is 67.2. The van der Waals surface area contributed by atoms with E-state index in [4.69, 9.17) is 56.8 Å². The van der Waals surface area contributed by atoms with Crippen LogP contribution >= 0.6 is 0 Å². The number of nitrogens with one attached hydrogen (secondary N) is 1. The molecule has 0 saturated carbocycles. The molecule has 0 aliphatic carbocycles. The summed E-state index contributed by atoms with van der Waals surface area (Å²) in [5.74, 6) is -0.333. The average molecular weight is 1600 g/mol. The molecule has 13 rings (SSSR count). The van der Waals surface area contributed by atoms with Crippen LogP contribution in [0.4, 0.5) is 0 Å². The molecule has 0 bridgehead atoms. The Kier molecular flexibility index (Phi) is 39.2. The van der Waals surface area contributed by atoms with Crippen LogP contribution < -0.4 is 5.32 Å². The fourth-order valence-corrected chi connectivity index (χ4v) is 13.4. The molecule has 12 aromatic rings. The zero-order chi connectivity index (χ0) is 82.2. The summed E-state index contributed by atoms with van der Waals surface area (Å²) < 4.78 is 74.9. The van der Waals surface area contributed by atoms with E-state index in [-0.39, 0.29) is 96.2 Å². The number of carbonyl (C=O) groups excluding carboxylic acids is 2.